The Labute approximate surface area is 210 Å². The first kappa shape index (κ1) is 27.3. The number of methoxy groups -OCH3 is 1. The van der Waals surface area contributed by atoms with Crippen molar-refractivity contribution in [1.29, 1.82) is 0 Å². The minimum atomic E-state index is -1.06. The SMILES string of the molecule is CCN(COCCc1ccccc1)C(=O)OCc1ccc(O[C@@H]2O[C@H](C(=O)OC)CC[C@H]2O)c(N)c1. The van der Waals surface area contributed by atoms with Crippen LogP contribution >= 0.6 is 0 Å². The maximum absolute atomic E-state index is 12.5. The Morgan fingerprint density at radius 1 is 1.14 bits per heavy atom. The van der Waals surface area contributed by atoms with Gasteiger partial charge < -0.3 is 34.5 Å². The zero-order valence-corrected chi connectivity index (χ0v) is 20.6. The molecule has 196 valence electrons. The molecule has 0 aliphatic carbocycles. The molecule has 1 heterocycles. The van der Waals surface area contributed by atoms with Gasteiger partial charge in [0.2, 0.25) is 6.29 Å². The summed E-state index contributed by atoms with van der Waals surface area (Å²) in [6.07, 6.45) is -1.87. The summed E-state index contributed by atoms with van der Waals surface area (Å²) in [5.41, 5.74) is 8.20. The highest BCUT2D eigenvalue weighted by Crippen LogP contribution is 2.28. The smallest absolute Gasteiger partial charge is 0.411 e. The van der Waals surface area contributed by atoms with Crippen LogP contribution in [0, 0.1) is 0 Å². The number of aliphatic hydroxyl groups excluding tert-OH is 1. The van der Waals surface area contributed by atoms with Gasteiger partial charge in [0.15, 0.2) is 6.10 Å². The molecule has 1 aliphatic rings. The molecular weight excluding hydrogens is 468 g/mol. The Morgan fingerprint density at radius 3 is 2.61 bits per heavy atom. The molecule has 10 nitrogen and oxygen atoms in total. The van der Waals surface area contributed by atoms with E-state index in [4.69, 9.17) is 29.4 Å². The van der Waals surface area contributed by atoms with Gasteiger partial charge in [-0.1, -0.05) is 36.4 Å². The summed E-state index contributed by atoms with van der Waals surface area (Å²) < 4.78 is 27.0. The standard InChI is InChI=1S/C26H34N2O8/c1-3-28(17-33-14-13-18-7-5-4-6-8-18)26(31)34-16-19-9-11-22(20(27)15-19)35-25-21(29)10-12-23(36-25)24(30)32-2/h4-9,11,15,21,23,25,29H,3,10,12-14,16-17,27H2,1-2H3/t21-,23+,25-/m1/s1. The monoisotopic (exact) mass is 502 g/mol. The molecule has 0 spiro atoms. The normalized spacial score (nSPS) is 19.4. The molecular formula is C26H34N2O8. The third-order valence-electron chi connectivity index (χ3n) is 5.75. The van der Waals surface area contributed by atoms with Gasteiger partial charge in [-0.3, -0.25) is 4.90 Å². The van der Waals surface area contributed by atoms with Crippen LogP contribution < -0.4 is 10.5 Å². The van der Waals surface area contributed by atoms with Crippen molar-refractivity contribution in [3.8, 4) is 5.75 Å². The molecule has 0 radical (unpaired) electrons. The number of rotatable bonds is 11. The van der Waals surface area contributed by atoms with Crippen LogP contribution in [0.5, 0.6) is 5.75 Å². The summed E-state index contributed by atoms with van der Waals surface area (Å²) in [6.45, 7) is 2.92. The van der Waals surface area contributed by atoms with E-state index in [1.165, 1.54) is 17.6 Å². The summed E-state index contributed by atoms with van der Waals surface area (Å²) in [6, 6.07) is 14.9. The van der Waals surface area contributed by atoms with Gasteiger partial charge in [0.25, 0.3) is 0 Å². The summed E-state index contributed by atoms with van der Waals surface area (Å²) in [4.78, 5) is 25.7. The van der Waals surface area contributed by atoms with Crippen LogP contribution in [0.15, 0.2) is 48.5 Å². The zero-order valence-electron chi connectivity index (χ0n) is 20.6. The number of hydrogen-bond donors (Lipinski definition) is 2. The summed E-state index contributed by atoms with van der Waals surface area (Å²) in [7, 11) is 1.27. The first-order valence-corrected chi connectivity index (χ1v) is 11.9. The third kappa shape index (κ3) is 7.84. The number of nitrogens with two attached hydrogens (primary N) is 1. The lowest BCUT2D eigenvalue weighted by atomic mass is 10.1. The highest BCUT2D eigenvalue weighted by atomic mass is 16.7. The molecule has 0 bridgehead atoms. The van der Waals surface area contributed by atoms with Crippen molar-refractivity contribution in [2.75, 3.05) is 32.7 Å². The Bertz CT molecular complexity index is 987. The highest BCUT2D eigenvalue weighted by molar-refractivity contribution is 5.74. The number of esters is 1. The first-order chi connectivity index (χ1) is 17.4. The van der Waals surface area contributed by atoms with E-state index in [1.54, 1.807) is 18.2 Å². The van der Waals surface area contributed by atoms with Gasteiger partial charge >= 0.3 is 12.1 Å². The van der Waals surface area contributed by atoms with E-state index in [0.717, 1.165) is 6.42 Å². The second kappa shape index (κ2) is 13.7. The molecule has 10 heteroatoms. The number of amides is 1. The fourth-order valence-electron chi connectivity index (χ4n) is 3.63. The lowest BCUT2D eigenvalue weighted by Gasteiger charge is -2.32. The Balaban J connectivity index is 1.46. The largest absolute Gasteiger partial charge is 0.467 e. The predicted octanol–water partition coefficient (Wildman–Crippen LogP) is 2.86. The number of nitrogens with zero attached hydrogens (tertiary/aromatic N) is 1. The Hall–Kier alpha value is -3.34. The topological polar surface area (TPSA) is 130 Å². The summed E-state index contributed by atoms with van der Waals surface area (Å²) >= 11 is 0. The molecule has 0 aromatic heterocycles. The molecule has 0 unspecified atom stereocenters. The maximum atomic E-state index is 12.5. The van der Waals surface area contributed by atoms with Crippen LogP contribution in [-0.2, 0) is 36.8 Å². The summed E-state index contributed by atoms with van der Waals surface area (Å²) in [5.74, 6) is -0.245. The number of carbonyl (C=O) groups excluding carboxylic acids is 2. The van der Waals surface area contributed by atoms with Gasteiger partial charge in [0.05, 0.1) is 19.4 Å². The number of hydrogen-bond acceptors (Lipinski definition) is 9. The van der Waals surface area contributed by atoms with Gasteiger partial charge in [0, 0.05) is 6.54 Å². The molecule has 3 N–H and O–H groups in total. The van der Waals surface area contributed by atoms with Gasteiger partial charge in [-0.2, -0.15) is 0 Å². The lowest BCUT2D eigenvalue weighted by molar-refractivity contribution is -0.212. The molecule has 2 aromatic carbocycles. The second-order valence-electron chi connectivity index (χ2n) is 8.33. The van der Waals surface area contributed by atoms with Crippen molar-refractivity contribution in [2.45, 2.75) is 51.3 Å². The maximum Gasteiger partial charge on any atom is 0.411 e. The number of benzene rings is 2. The zero-order chi connectivity index (χ0) is 25.9. The van der Waals surface area contributed by atoms with Crippen LogP contribution in [0.1, 0.15) is 30.9 Å². The van der Waals surface area contributed by atoms with E-state index in [-0.39, 0.29) is 24.8 Å². The molecule has 36 heavy (non-hydrogen) atoms. The van der Waals surface area contributed by atoms with Crippen LogP contribution in [0.25, 0.3) is 0 Å². The van der Waals surface area contributed by atoms with Crippen molar-refractivity contribution in [2.24, 2.45) is 0 Å². The fraction of sp³-hybridized carbons (Fsp3) is 0.462. The third-order valence-corrected chi connectivity index (χ3v) is 5.75. The van der Waals surface area contributed by atoms with Crippen LogP contribution in [0.2, 0.25) is 0 Å². The molecule has 1 aliphatic heterocycles. The first-order valence-electron chi connectivity index (χ1n) is 11.9. The quantitative estimate of drug-likeness (QED) is 0.206. The molecule has 3 rings (SSSR count). The van der Waals surface area contributed by atoms with Gasteiger partial charge in [-0.25, -0.2) is 9.59 Å². The minimum absolute atomic E-state index is 0.0107. The number of carbonyl (C=O) groups is 2. The van der Waals surface area contributed by atoms with Crippen LogP contribution in [0.3, 0.4) is 0 Å². The summed E-state index contributed by atoms with van der Waals surface area (Å²) in [5, 5.41) is 10.2. The minimum Gasteiger partial charge on any atom is -0.467 e. The lowest BCUT2D eigenvalue weighted by Crippen LogP contribution is -2.45. The van der Waals surface area contributed by atoms with E-state index in [0.29, 0.717) is 31.6 Å². The van der Waals surface area contributed by atoms with E-state index in [9.17, 15) is 14.7 Å². The Morgan fingerprint density at radius 2 is 1.92 bits per heavy atom. The molecule has 1 saturated heterocycles. The van der Waals surface area contributed by atoms with Gasteiger partial charge in [-0.05, 0) is 49.4 Å². The van der Waals surface area contributed by atoms with Crippen molar-refractivity contribution < 1.29 is 38.4 Å². The van der Waals surface area contributed by atoms with Crippen LogP contribution in [-0.4, -0.2) is 67.6 Å². The fourth-order valence-corrected chi connectivity index (χ4v) is 3.63. The molecule has 2 aromatic rings. The van der Waals surface area contributed by atoms with Crippen LogP contribution in [0.4, 0.5) is 10.5 Å². The van der Waals surface area contributed by atoms with Crippen molar-refractivity contribution in [3.63, 3.8) is 0 Å². The van der Waals surface area contributed by atoms with E-state index in [1.807, 2.05) is 37.3 Å². The van der Waals surface area contributed by atoms with Crippen molar-refractivity contribution in [1.82, 2.24) is 4.90 Å². The van der Waals surface area contributed by atoms with E-state index >= 15 is 0 Å². The average molecular weight is 503 g/mol. The predicted molar refractivity (Wildman–Crippen MR) is 131 cm³/mol. The number of ether oxygens (including phenoxy) is 5. The van der Waals surface area contributed by atoms with Crippen molar-refractivity contribution >= 4 is 17.7 Å². The number of anilines is 1. The average Bonchev–Trinajstić information content (AvgIpc) is 2.90. The number of nitrogen functional groups attached to an aromatic ring is 1. The molecule has 3 atom stereocenters. The van der Waals surface area contributed by atoms with E-state index < -0.39 is 30.6 Å². The highest BCUT2D eigenvalue weighted by Gasteiger charge is 2.36. The van der Waals surface area contributed by atoms with Crippen molar-refractivity contribution in [3.05, 3.63) is 59.7 Å². The molecule has 1 fully saturated rings. The van der Waals surface area contributed by atoms with Gasteiger partial charge in [0.1, 0.15) is 25.2 Å². The van der Waals surface area contributed by atoms with E-state index in [2.05, 4.69) is 0 Å². The van der Waals surface area contributed by atoms with Gasteiger partial charge in [-0.15, -0.1) is 0 Å². The Kier molecular flexibility index (Phi) is 10.3. The second-order valence-corrected chi connectivity index (χ2v) is 8.33. The number of aliphatic hydroxyl groups is 1. The molecule has 1 amide bonds. The molecule has 0 saturated carbocycles.